The predicted molar refractivity (Wildman–Crippen MR) is 418 cm³/mol. The maximum Gasteiger partial charge on any atom is 0.472 e. The lowest BCUT2D eigenvalue weighted by molar-refractivity contribution is -0.161. The summed E-state index contributed by atoms with van der Waals surface area (Å²) in [6.07, 6.45) is 82.1. The molecule has 0 rings (SSSR count). The third kappa shape index (κ3) is 73.8. The van der Waals surface area contributed by atoms with Crippen molar-refractivity contribution in [2.45, 2.75) is 341 Å². The average molecular weight is 1470 g/mol. The third-order valence-electron chi connectivity index (χ3n) is 16.4. The van der Waals surface area contributed by atoms with Crippen LogP contribution < -0.4 is 0 Å². The third-order valence-corrected chi connectivity index (χ3v) is 18.3. The minimum atomic E-state index is -5.00. The molecule has 0 spiro atoms. The predicted octanol–water partition coefficient (Wildman–Crippen LogP) is 23.1. The molecule has 19 heteroatoms. The molecule has 0 aromatic carbocycles. The second-order valence-electron chi connectivity index (χ2n) is 26.3. The van der Waals surface area contributed by atoms with Gasteiger partial charge >= 0.3 is 39.5 Å². The van der Waals surface area contributed by atoms with E-state index < -0.39 is 97.5 Å². The zero-order chi connectivity index (χ0) is 74.6. The number of aliphatic hydroxyl groups excluding tert-OH is 1. The van der Waals surface area contributed by atoms with E-state index in [1.165, 1.54) is 83.5 Å². The van der Waals surface area contributed by atoms with Crippen molar-refractivity contribution in [3.05, 3.63) is 122 Å². The summed E-state index contributed by atoms with van der Waals surface area (Å²) in [4.78, 5) is 72.9. The van der Waals surface area contributed by atoms with Gasteiger partial charge in [-0.2, -0.15) is 0 Å². The molecule has 0 amide bonds. The topological polar surface area (TPSA) is 237 Å². The molecule has 0 aromatic heterocycles. The van der Waals surface area contributed by atoms with Gasteiger partial charge in [0.15, 0.2) is 12.2 Å². The van der Waals surface area contributed by atoms with Crippen molar-refractivity contribution in [3.63, 3.8) is 0 Å². The number of hydrogen-bond acceptors (Lipinski definition) is 15. The molecule has 0 bridgehead atoms. The number of carbonyl (C=O) groups excluding carboxylic acids is 4. The second-order valence-corrected chi connectivity index (χ2v) is 29.2. The standard InChI is InChI=1S/C83H142O17P2/c1-5-9-13-17-21-25-29-33-36-37-38-39-42-45-48-52-56-60-64-68-81(86)94-73-78(99-82(87)69-65-61-57-53-49-43-32-28-24-20-16-12-8-4)75-97-101(89,90)95-71-77(84)72-96-102(91,92)98-76-79(100-83(88)70-66-62-58-54-50-46-41-35-31-27-23-19-15-11-7-3)74-93-80(85)67-63-59-55-51-47-44-40-34-30-26-22-18-14-10-6-2/h10,14,16,20-22,25-26,28,32-34,36,38-40,47,51,59,63,77-79,84H,5-9,11-13,15,17-19,23-24,27,29-31,35,37,41-46,48-50,52-58,60-62,64-76H2,1-4H3,(H,89,90)(H,91,92)/b14-10-,20-16-,25-21-,26-22-,32-28-,36-33-,39-38-,40-34-,51-47-,63-59-. The zero-order valence-corrected chi connectivity index (χ0v) is 65.8. The lowest BCUT2D eigenvalue weighted by Crippen LogP contribution is -2.30. The minimum Gasteiger partial charge on any atom is -0.462 e. The van der Waals surface area contributed by atoms with Crippen LogP contribution in [0.5, 0.6) is 0 Å². The van der Waals surface area contributed by atoms with Crippen molar-refractivity contribution in [3.8, 4) is 0 Å². The van der Waals surface area contributed by atoms with E-state index in [0.717, 1.165) is 161 Å². The van der Waals surface area contributed by atoms with Gasteiger partial charge in [0.05, 0.1) is 32.8 Å². The van der Waals surface area contributed by atoms with Crippen molar-refractivity contribution >= 4 is 39.5 Å². The number of phosphoric ester groups is 2. The highest BCUT2D eigenvalue weighted by Crippen LogP contribution is 2.45. The molecule has 102 heavy (non-hydrogen) atoms. The van der Waals surface area contributed by atoms with Crippen molar-refractivity contribution < 1.29 is 80.2 Å². The van der Waals surface area contributed by atoms with Gasteiger partial charge in [-0.3, -0.25) is 37.3 Å². The van der Waals surface area contributed by atoms with Crippen LogP contribution in [0.2, 0.25) is 0 Å². The van der Waals surface area contributed by atoms with Crippen LogP contribution in [0.15, 0.2) is 122 Å². The molecular weight excluding hydrogens is 1330 g/mol. The van der Waals surface area contributed by atoms with Gasteiger partial charge in [-0.1, -0.05) is 303 Å². The van der Waals surface area contributed by atoms with E-state index in [9.17, 15) is 43.2 Å². The van der Waals surface area contributed by atoms with Crippen molar-refractivity contribution in [1.82, 2.24) is 0 Å². The Labute approximate surface area is 619 Å². The summed E-state index contributed by atoms with van der Waals surface area (Å²) in [5.41, 5.74) is 0. The maximum absolute atomic E-state index is 13.1. The number of ether oxygens (including phenoxy) is 4. The second kappa shape index (κ2) is 74.7. The zero-order valence-electron chi connectivity index (χ0n) is 64.0. The van der Waals surface area contributed by atoms with E-state index in [-0.39, 0.29) is 25.7 Å². The smallest absolute Gasteiger partial charge is 0.462 e. The quantitative estimate of drug-likeness (QED) is 0.0169. The van der Waals surface area contributed by atoms with Gasteiger partial charge in [0, 0.05) is 19.3 Å². The van der Waals surface area contributed by atoms with Crippen LogP contribution in [-0.2, 0) is 65.4 Å². The van der Waals surface area contributed by atoms with E-state index in [0.29, 0.717) is 25.7 Å². The molecule has 0 saturated heterocycles. The van der Waals surface area contributed by atoms with Crippen LogP contribution >= 0.6 is 15.6 Å². The minimum absolute atomic E-state index is 0.0705. The normalized spacial score (nSPS) is 14.5. The van der Waals surface area contributed by atoms with Crippen molar-refractivity contribution in [2.75, 3.05) is 39.6 Å². The monoisotopic (exact) mass is 1470 g/mol. The lowest BCUT2D eigenvalue weighted by atomic mass is 10.0. The van der Waals surface area contributed by atoms with Gasteiger partial charge < -0.3 is 33.8 Å². The van der Waals surface area contributed by atoms with E-state index >= 15 is 0 Å². The first kappa shape index (κ1) is 97.5. The summed E-state index contributed by atoms with van der Waals surface area (Å²) in [6, 6.07) is 0. The number of aliphatic hydroxyl groups is 1. The number of esters is 4. The van der Waals surface area contributed by atoms with Crippen LogP contribution in [0.25, 0.3) is 0 Å². The Morgan fingerprint density at radius 1 is 0.294 bits per heavy atom. The summed E-state index contributed by atoms with van der Waals surface area (Å²) in [5.74, 6) is -2.34. The molecule has 17 nitrogen and oxygen atoms in total. The Morgan fingerprint density at radius 2 is 0.569 bits per heavy atom. The molecule has 5 atom stereocenters. The van der Waals surface area contributed by atoms with E-state index in [1.54, 1.807) is 6.08 Å². The summed E-state index contributed by atoms with van der Waals surface area (Å²) < 4.78 is 68.4. The van der Waals surface area contributed by atoms with E-state index in [4.69, 9.17) is 37.0 Å². The highest BCUT2D eigenvalue weighted by molar-refractivity contribution is 7.47. The molecule has 0 aromatic rings. The molecule has 0 aliphatic carbocycles. The Hall–Kier alpha value is -4.54. The number of allylic oxidation sites excluding steroid dienone is 19. The first-order chi connectivity index (χ1) is 49.7. The summed E-state index contributed by atoms with van der Waals surface area (Å²) in [7, 11) is -9.99. The molecule has 5 unspecified atom stereocenters. The van der Waals surface area contributed by atoms with Gasteiger partial charge in [-0.25, -0.2) is 9.13 Å². The first-order valence-corrected chi connectivity index (χ1v) is 42.8. The SMILES string of the molecule is CC/C=C\C/C=C\C/C=C\C/C=C\C/C=C\CC(=O)OCC(COP(=O)(O)OCC(O)COP(=O)(O)OCC(COC(=O)CCCCCCCC/C=C\C/C=C\C/C=C\CCCCC)OC(=O)CCCCCCC/C=C\C/C=C\CCC)OC(=O)CCCCCCCCCCCCCCCCC. The molecule has 0 aliphatic heterocycles. The molecule has 586 valence electrons. The van der Waals surface area contributed by atoms with Crippen LogP contribution in [0.3, 0.4) is 0 Å². The summed E-state index contributed by atoms with van der Waals surface area (Å²) in [5, 5.41) is 10.6. The Bertz CT molecular complexity index is 2410. The van der Waals surface area contributed by atoms with E-state index in [2.05, 4.69) is 125 Å². The number of hydrogen-bond donors (Lipinski definition) is 3. The van der Waals surface area contributed by atoms with Crippen LogP contribution in [-0.4, -0.2) is 96.7 Å². The fraction of sp³-hybridized carbons (Fsp3) is 0.711. The van der Waals surface area contributed by atoms with E-state index in [1.807, 2.05) is 18.2 Å². The van der Waals surface area contributed by atoms with Crippen molar-refractivity contribution in [2.24, 2.45) is 0 Å². The molecule has 0 heterocycles. The first-order valence-electron chi connectivity index (χ1n) is 39.8. The highest BCUT2D eigenvalue weighted by atomic mass is 31.2. The van der Waals surface area contributed by atoms with Gasteiger partial charge in [0.1, 0.15) is 19.3 Å². The fourth-order valence-corrected chi connectivity index (χ4v) is 12.0. The number of rotatable bonds is 74. The molecule has 0 fully saturated rings. The summed E-state index contributed by atoms with van der Waals surface area (Å²) in [6.45, 7) is 4.55. The molecule has 0 radical (unpaired) electrons. The van der Waals surface area contributed by atoms with Crippen molar-refractivity contribution in [1.29, 1.82) is 0 Å². The molecule has 3 N–H and O–H groups in total. The molecule has 0 aliphatic rings. The van der Waals surface area contributed by atoms with Crippen LogP contribution in [0, 0.1) is 0 Å². The number of unbranched alkanes of at least 4 members (excludes halogenated alkanes) is 29. The lowest BCUT2D eigenvalue weighted by Gasteiger charge is -2.21. The number of phosphoric acid groups is 2. The van der Waals surface area contributed by atoms with Crippen LogP contribution in [0.4, 0.5) is 0 Å². The maximum atomic E-state index is 13.1. The fourth-order valence-electron chi connectivity index (χ4n) is 10.4. The number of carbonyl (C=O) groups is 4. The highest BCUT2D eigenvalue weighted by Gasteiger charge is 2.30. The molecular formula is C83H142O17P2. The largest absolute Gasteiger partial charge is 0.472 e. The Balaban J connectivity index is 5.40. The Kier molecular flexibility index (Phi) is 71.4. The van der Waals surface area contributed by atoms with Gasteiger partial charge in [-0.15, -0.1) is 0 Å². The average Bonchev–Trinajstić information content (AvgIpc) is 0.919. The van der Waals surface area contributed by atoms with Crippen LogP contribution in [0.1, 0.15) is 323 Å². The van der Waals surface area contributed by atoms with Gasteiger partial charge in [-0.05, 0) is 116 Å². The summed E-state index contributed by atoms with van der Waals surface area (Å²) >= 11 is 0. The van der Waals surface area contributed by atoms with Gasteiger partial charge in [0.25, 0.3) is 0 Å². The van der Waals surface area contributed by atoms with Gasteiger partial charge in [0.2, 0.25) is 0 Å². The Morgan fingerprint density at radius 3 is 0.931 bits per heavy atom. The molecule has 0 saturated carbocycles.